The van der Waals surface area contributed by atoms with E-state index in [2.05, 4.69) is 16.7 Å². The first-order valence-electron chi connectivity index (χ1n) is 13.3. The van der Waals surface area contributed by atoms with Crippen LogP contribution in [-0.2, 0) is 0 Å². The minimum atomic E-state index is -0.935. The standard InChI is InChI=1S/C32H29F2N3O3/c1-19(38)29-26-16-25(21-5-3-6-22(15-21)31(39)37-32(2,18-35)23-9-10-23)27(36-14-4-13-33)17-28(26)40-30(29)20-7-11-24(34)12-8-20/h3,5-8,11-12,15-17,23,36H,4,9-10,13-14H2,1-2H3,(H,37,39). The summed E-state index contributed by atoms with van der Waals surface area (Å²) in [5, 5.41) is 16.4. The molecule has 4 aromatic rings. The van der Waals surface area contributed by atoms with Crippen LogP contribution in [0.3, 0.4) is 0 Å². The van der Waals surface area contributed by atoms with E-state index in [1.54, 1.807) is 43.3 Å². The molecule has 204 valence electrons. The van der Waals surface area contributed by atoms with Crippen LogP contribution in [0, 0.1) is 23.1 Å². The number of furan rings is 1. The predicted octanol–water partition coefficient (Wildman–Crippen LogP) is 7.30. The van der Waals surface area contributed by atoms with Crippen LogP contribution in [0.5, 0.6) is 0 Å². The highest BCUT2D eigenvalue weighted by atomic mass is 19.1. The topological polar surface area (TPSA) is 95.1 Å². The van der Waals surface area contributed by atoms with Crippen molar-refractivity contribution in [3.8, 4) is 28.5 Å². The summed E-state index contributed by atoms with van der Waals surface area (Å²) < 4.78 is 32.6. The van der Waals surface area contributed by atoms with E-state index in [4.69, 9.17) is 4.42 Å². The summed E-state index contributed by atoms with van der Waals surface area (Å²) in [6, 6.07) is 18.6. The molecule has 0 aliphatic heterocycles. The lowest BCUT2D eigenvalue weighted by Gasteiger charge is -2.23. The van der Waals surface area contributed by atoms with Gasteiger partial charge < -0.3 is 15.1 Å². The van der Waals surface area contributed by atoms with Crippen molar-refractivity contribution in [3.63, 3.8) is 0 Å². The Labute approximate surface area is 231 Å². The van der Waals surface area contributed by atoms with Crippen molar-refractivity contribution >= 4 is 28.3 Å². The first kappa shape index (κ1) is 27.1. The zero-order valence-corrected chi connectivity index (χ0v) is 22.3. The van der Waals surface area contributed by atoms with Gasteiger partial charge in [0, 0.05) is 40.4 Å². The molecular weight excluding hydrogens is 512 g/mol. The summed E-state index contributed by atoms with van der Waals surface area (Å²) in [5.74, 6) is -0.497. The maximum Gasteiger partial charge on any atom is 0.252 e. The normalized spacial score (nSPS) is 14.4. The van der Waals surface area contributed by atoms with Gasteiger partial charge in [-0.2, -0.15) is 5.26 Å². The molecule has 0 saturated heterocycles. The summed E-state index contributed by atoms with van der Waals surface area (Å²) in [6.07, 6.45) is 2.11. The van der Waals surface area contributed by atoms with Crippen molar-refractivity contribution in [2.45, 2.75) is 38.6 Å². The lowest BCUT2D eigenvalue weighted by Crippen LogP contribution is -2.46. The van der Waals surface area contributed by atoms with Crippen LogP contribution in [0.4, 0.5) is 14.5 Å². The Kier molecular flexibility index (Phi) is 7.40. The van der Waals surface area contributed by atoms with Crippen molar-refractivity contribution in [2.75, 3.05) is 18.5 Å². The van der Waals surface area contributed by atoms with Crippen LogP contribution in [0.25, 0.3) is 33.4 Å². The van der Waals surface area contributed by atoms with Gasteiger partial charge in [0.2, 0.25) is 0 Å². The number of fused-ring (bicyclic) bond motifs is 1. The highest BCUT2D eigenvalue weighted by molar-refractivity contribution is 6.13. The minimum Gasteiger partial charge on any atom is -0.455 e. The lowest BCUT2D eigenvalue weighted by atomic mass is 9.95. The molecule has 1 fully saturated rings. The number of nitrogens with one attached hydrogen (secondary N) is 2. The number of carbonyl (C=O) groups excluding carboxylic acids is 2. The van der Waals surface area contributed by atoms with E-state index < -0.39 is 18.0 Å². The fourth-order valence-electron chi connectivity index (χ4n) is 4.99. The number of carbonyl (C=O) groups is 2. The summed E-state index contributed by atoms with van der Waals surface area (Å²) in [6.45, 7) is 3.07. The number of alkyl halides is 1. The summed E-state index contributed by atoms with van der Waals surface area (Å²) in [7, 11) is 0. The number of nitriles is 1. The number of ketones is 1. The Morgan fingerprint density at radius 3 is 2.50 bits per heavy atom. The molecular formula is C32H29F2N3O3. The predicted molar refractivity (Wildman–Crippen MR) is 150 cm³/mol. The van der Waals surface area contributed by atoms with Crippen LogP contribution in [-0.4, -0.2) is 30.4 Å². The summed E-state index contributed by atoms with van der Waals surface area (Å²) in [4.78, 5) is 26.0. The van der Waals surface area contributed by atoms with E-state index in [-0.39, 0.29) is 17.6 Å². The van der Waals surface area contributed by atoms with E-state index >= 15 is 0 Å². The van der Waals surface area contributed by atoms with Crippen molar-refractivity contribution in [2.24, 2.45) is 5.92 Å². The molecule has 3 aromatic carbocycles. The lowest BCUT2D eigenvalue weighted by molar-refractivity contribution is 0.0916. The zero-order chi connectivity index (χ0) is 28.4. The average molecular weight is 542 g/mol. The number of amides is 1. The van der Waals surface area contributed by atoms with Gasteiger partial charge in [-0.15, -0.1) is 0 Å². The van der Waals surface area contributed by atoms with Crippen molar-refractivity contribution in [1.82, 2.24) is 5.32 Å². The molecule has 1 aliphatic rings. The number of benzene rings is 3. The molecule has 8 heteroatoms. The second kappa shape index (κ2) is 10.9. The van der Waals surface area contributed by atoms with Crippen LogP contribution in [0.2, 0.25) is 0 Å². The molecule has 1 amide bonds. The molecule has 0 spiro atoms. The summed E-state index contributed by atoms with van der Waals surface area (Å²) >= 11 is 0. The Balaban J connectivity index is 1.61. The highest BCUT2D eigenvalue weighted by Gasteiger charge is 2.43. The molecule has 6 nitrogen and oxygen atoms in total. The number of hydrogen-bond donors (Lipinski definition) is 2. The number of halogens is 2. The highest BCUT2D eigenvalue weighted by Crippen LogP contribution is 2.41. The average Bonchev–Trinajstić information content (AvgIpc) is 3.74. The fraction of sp³-hybridized carbons (Fsp3) is 0.281. The van der Waals surface area contributed by atoms with E-state index in [1.165, 1.54) is 19.1 Å². The number of hydrogen-bond acceptors (Lipinski definition) is 5. The SMILES string of the molecule is CC(=O)c1c(-c2ccc(F)cc2)oc2cc(NCCCF)c(-c3cccc(C(=O)NC(C)(C#N)C4CC4)c3)cc12. The molecule has 1 atom stereocenters. The van der Waals surface area contributed by atoms with Crippen molar-refractivity contribution in [1.29, 1.82) is 5.26 Å². The molecule has 1 aliphatic carbocycles. The Hall–Kier alpha value is -4.51. The smallest absolute Gasteiger partial charge is 0.252 e. The molecule has 5 rings (SSSR count). The second-order valence-electron chi connectivity index (χ2n) is 10.4. The van der Waals surface area contributed by atoms with Crippen LogP contribution >= 0.6 is 0 Å². The third kappa shape index (κ3) is 5.32. The van der Waals surface area contributed by atoms with Crippen molar-refractivity contribution in [3.05, 3.63) is 77.6 Å². The third-order valence-corrected chi connectivity index (χ3v) is 7.35. The Morgan fingerprint density at radius 1 is 1.10 bits per heavy atom. The number of Topliss-reactive ketones (excluding diaryl/α,β-unsaturated/α-hetero) is 1. The molecule has 1 unspecified atom stereocenters. The first-order chi connectivity index (χ1) is 19.2. The number of nitrogens with zero attached hydrogens (tertiary/aromatic N) is 1. The quantitative estimate of drug-likeness (QED) is 0.162. The molecule has 2 N–H and O–H groups in total. The molecule has 1 aromatic heterocycles. The van der Waals surface area contributed by atoms with Gasteiger partial charge in [0.25, 0.3) is 5.91 Å². The maximum atomic E-state index is 13.6. The zero-order valence-electron chi connectivity index (χ0n) is 22.3. The van der Waals surface area contributed by atoms with Crippen LogP contribution in [0.1, 0.15) is 53.8 Å². The number of anilines is 1. The third-order valence-electron chi connectivity index (χ3n) is 7.35. The van der Waals surface area contributed by atoms with Gasteiger partial charge in [-0.25, -0.2) is 4.39 Å². The largest absolute Gasteiger partial charge is 0.455 e. The molecule has 1 heterocycles. The van der Waals surface area contributed by atoms with E-state index in [0.29, 0.717) is 63.2 Å². The molecule has 0 bridgehead atoms. The van der Waals surface area contributed by atoms with Crippen LogP contribution in [0.15, 0.2) is 65.1 Å². The Bertz CT molecular complexity index is 1630. The Morgan fingerprint density at radius 2 is 1.85 bits per heavy atom. The van der Waals surface area contributed by atoms with E-state index in [9.17, 15) is 23.6 Å². The second-order valence-corrected chi connectivity index (χ2v) is 10.4. The minimum absolute atomic E-state index is 0.139. The van der Waals surface area contributed by atoms with Gasteiger partial charge >= 0.3 is 0 Å². The first-order valence-corrected chi connectivity index (χ1v) is 13.3. The maximum absolute atomic E-state index is 13.6. The molecule has 1 saturated carbocycles. The fourth-order valence-corrected chi connectivity index (χ4v) is 4.99. The van der Waals surface area contributed by atoms with Gasteiger partial charge in [-0.1, -0.05) is 12.1 Å². The van der Waals surface area contributed by atoms with E-state index in [1.807, 2.05) is 12.1 Å². The van der Waals surface area contributed by atoms with Gasteiger partial charge in [0.05, 0.1) is 18.3 Å². The van der Waals surface area contributed by atoms with Gasteiger partial charge in [-0.05, 0) is 87.1 Å². The molecule has 0 radical (unpaired) electrons. The van der Waals surface area contributed by atoms with Crippen LogP contribution < -0.4 is 10.6 Å². The van der Waals surface area contributed by atoms with E-state index in [0.717, 1.165) is 12.8 Å². The van der Waals surface area contributed by atoms with Gasteiger partial charge in [-0.3, -0.25) is 14.0 Å². The monoisotopic (exact) mass is 541 g/mol. The summed E-state index contributed by atoms with van der Waals surface area (Å²) in [5.41, 5.74) is 2.86. The molecule has 40 heavy (non-hydrogen) atoms. The van der Waals surface area contributed by atoms with Gasteiger partial charge in [0.15, 0.2) is 5.78 Å². The van der Waals surface area contributed by atoms with Crippen molar-refractivity contribution < 1.29 is 22.8 Å². The van der Waals surface area contributed by atoms with Gasteiger partial charge in [0.1, 0.15) is 22.7 Å². The number of rotatable bonds is 10.